The third kappa shape index (κ3) is 3.30. The summed E-state index contributed by atoms with van der Waals surface area (Å²) in [5.41, 5.74) is 2.26. The van der Waals surface area contributed by atoms with Crippen LogP contribution in [0.1, 0.15) is 59.9 Å². The lowest BCUT2D eigenvalue weighted by molar-refractivity contribution is 0.0437. The van der Waals surface area contributed by atoms with Gasteiger partial charge in [-0.2, -0.15) is 10.4 Å². The fourth-order valence-corrected chi connectivity index (χ4v) is 5.25. The van der Waals surface area contributed by atoms with Crippen LogP contribution in [0.3, 0.4) is 0 Å². The maximum absolute atomic E-state index is 12.7. The summed E-state index contributed by atoms with van der Waals surface area (Å²) < 4.78 is 30.7. The largest absolute Gasteiger partial charge is 0.444 e. The molecule has 2 fully saturated rings. The van der Waals surface area contributed by atoms with Crippen LogP contribution < -0.4 is 0 Å². The molecule has 27 heavy (non-hydrogen) atoms. The van der Waals surface area contributed by atoms with Gasteiger partial charge in [-0.3, -0.25) is 0 Å². The third-order valence-corrected chi connectivity index (χ3v) is 6.84. The van der Waals surface area contributed by atoms with Crippen LogP contribution in [0, 0.1) is 18.3 Å². The molecule has 1 aliphatic carbocycles. The first-order valence-electron chi connectivity index (χ1n) is 9.00. The van der Waals surface area contributed by atoms with Crippen LogP contribution in [0.25, 0.3) is 11.0 Å². The van der Waals surface area contributed by atoms with Gasteiger partial charge in [0, 0.05) is 11.6 Å². The van der Waals surface area contributed by atoms with Crippen molar-refractivity contribution in [2.24, 2.45) is 0 Å². The van der Waals surface area contributed by atoms with Crippen LogP contribution in [0.15, 0.2) is 6.07 Å². The number of nitriles is 1. The topological polar surface area (TPSA) is 115 Å². The van der Waals surface area contributed by atoms with Crippen LogP contribution in [0.2, 0.25) is 0 Å². The van der Waals surface area contributed by atoms with Gasteiger partial charge in [0.25, 0.3) is 0 Å². The molecule has 2 atom stereocenters. The molecule has 3 heterocycles. The van der Waals surface area contributed by atoms with E-state index in [1.54, 1.807) is 17.7 Å². The lowest BCUT2D eigenvalue weighted by Crippen LogP contribution is -2.15. The number of hydrogen-bond donors (Lipinski definition) is 0. The molecule has 2 aromatic rings. The van der Waals surface area contributed by atoms with Gasteiger partial charge in [-0.05, 0) is 39.2 Å². The van der Waals surface area contributed by atoms with Gasteiger partial charge in [0.2, 0.25) is 0 Å². The number of nitrogens with zero attached hydrogens (tertiary/aromatic N) is 4. The highest BCUT2D eigenvalue weighted by molar-refractivity contribution is 7.91. The molecule has 1 saturated heterocycles. The SMILES string of the molecule is Cc1nn(C2CCS(=O)(=O)C2)c2nc(C3CC3)cc(C(=O)OC(C)C#N)c12. The van der Waals surface area contributed by atoms with Gasteiger partial charge >= 0.3 is 5.97 Å². The Morgan fingerprint density at radius 2 is 2.15 bits per heavy atom. The molecule has 0 radical (unpaired) electrons. The second kappa shape index (κ2) is 6.30. The third-order valence-electron chi connectivity index (χ3n) is 5.09. The molecular weight excluding hydrogens is 368 g/mol. The first-order valence-corrected chi connectivity index (χ1v) is 10.8. The van der Waals surface area contributed by atoms with Gasteiger partial charge in [-0.15, -0.1) is 0 Å². The second-order valence-electron chi connectivity index (χ2n) is 7.33. The predicted octanol–water partition coefficient (Wildman–Crippen LogP) is 2.05. The fraction of sp³-hybridized carbons (Fsp3) is 0.556. The Balaban J connectivity index is 1.86. The molecule has 142 valence electrons. The number of esters is 1. The first-order chi connectivity index (χ1) is 12.8. The van der Waals surface area contributed by atoms with Crippen molar-refractivity contribution in [2.75, 3.05) is 11.5 Å². The zero-order valence-corrected chi connectivity index (χ0v) is 16.0. The standard InChI is InChI=1S/C18H20N4O4S/c1-10(8-19)26-18(23)14-7-15(12-3-4-12)20-17-16(14)11(2)21-22(17)13-5-6-27(24,25)9-13/h7,10,12-13H,3-6,9H2,1-2H3. The lowest BCUT2D eigenvalue weighted by atomic mass is 10.1. The quantitative estimate of drug-likeness (QED) is 0.736. The molecule has 2 aromatic heterocycles. The van der Waals surface area contributed by atoms with Gasteiger partial charge in [0.15, 0.2) is 21.6 Å². The molecular formula is C18H20N4O4S. The molecule has 2 aliphatic rings. The highest BCUT2D eigenvalue weighted by Crippen LogP contribution is 2.41. The van der Waals surface area contributed by atoms with E-state index < -0.39 is 21.9 Å². The zero-order valence-electron chi connectivity index (χ0n) is 15.2. The summed E-state index contributed by atoms with van der Waals surface area (Å²) in [6, 6.07) is 3.34. The predicted molar refractivity (Wildman–Crippen MR) is 97.0 cm³/mol. The number of fused-ring (bicyclic) bond motifs is 1. The van der Waals surface area contributed by atoms with Crippen LogP contribution in [0.5, 0.6) is 0 Å². The number of carbonyl (C=O) groups excluding carboxylic acids is 1. The van der Waals surface area contributed by atoms with E-state index in [9.17, 15) is 13.2 Å². The van der Waals surface area contributed by atoms with Crippen molar-refractivity contribution in [1.29, 1.82) is 5.26 Å². The second-order valence-corrected chi connectivity index (χ2v) is 9.56. The molecule has 1 saturated carbocycles. The van der Waals surface area contributed by atoms with Crippen molar-refractivity contribution in [1.82, 2.24) is 14.8 Å². The monoisotopic (exact) mass is 388 g/mol. The number of hydrogen-bond acceptors (Lipinski definition) is 7. The van der Waals surface area contributed by atoms with Crippen molar-refractivity contribution >= 4 is 26.8 Å². The molecule has 8 nitrogen and oxygen atoms in total. The number of rotatable bonds is 4. The van der Waals surface area contributed by atoms with E-state index in [0.717, 1.165) is 18.5 Å². The highest BCUT2D eigenvalue weighted by atomic mass is 32.2. The average Bonchev–Trinajstić information content (AvgIpc) is 3.34. The van der Waals surface area contributed by atoms with E-state index in [0.29, 0.717) is 34.6 Å². The van der Waals surface area contributed by atoms with E-state index in [4.69, 9.17) is 15.0 Å². The summed E-state index contributed by atoms with van der Waals surface area (Å²) in [5, 5.41) is 14.0. The van der Waals surface area contributed by atoms with Crippen molar-refractivity contribution in [3.05, 3.63) is 23.0 Å². The summed E-state index contributed by atoms with van der Waals surface area (Å²) in [7, 11) is -3.08. The molecule has 0 N–H and O–H groups in total. The maximum Gasteiger partial charge on any atom is 0.340 e. The van der Waals surface area contributed by atoms with Gasteiger partial charge < -0.3 is 4.74 Å². The van der Waals surface area contributed by atoms with Crippen LogP contribution in [-0.2, 0) is 14.6 Å². The summed E-state index contributed by atoms with van der Waals surface area (Å²) in [5.74, 6) is -0.121. The van der Waals surface area contributed by atoms with Crippen molar-refractivity contribution < 1.29 is 17.9 Å². The van der Waals surface area contributed by atoms with E-state index >= 15 is 0 Å². The number of sulfone groups is 1. The molecule has 1 aliphatic heterocycles. The van der Waals surface area contributed by atoms with Crippen molar-refractivity contribution in [3.8, 4) is 6.07 Å². The summed E-state index contributed by atoms with van der Waals surface area (Å²) in [6.45, 7) is 3.28. The van der Waals surface area contributed by atoms with E-state index in [-0.39, 0.29) is 17.5 Å². The highest BCUT2D eigenvalue weighted by Gasteiger charge is 2.34. The number of ether oxygens (including phenoxy) is 1. The molecule has 0 bridgehead atoms. The van der Waals surface area contributed by atoms with Crippen LogP contribution in [-0.4, -0.2) is 46.8 Å². The molecule has 2 unspecified atom stereocenters. The molecule has 9 heteroatoms. The van der Waals surface area contributed by atoms with Gasteiger partial charge in [0.05, 0.1) is 34.2 Å². The number of aryl methyl sites for hydroxylation is 1. The van der Waals surface area contributed by atoms with Crippen LogP contribution in [0.4, 0.5) is 0 Å². The van der Waals surface area contributed by atoms with Gasteiger partial charge in [-0.1, -0.05) is 0 Å². The molecule has 4 rings (SSSR count). The Labute approximate surface area is 157 Å². The summed E-state index contributed by atoms with van der Waals surface area (Å²) in [6.07, 6.45) is 1.64. The minimum atomic E-state index is -3.08. The number of carbonyl (C=O) groups is 1. The van der Waals surface area contributed by atoms with E-state index in [1.807, 2.05) is 6.07 Å². The van der Waals surface area contributed by atoms with E-state index in [1.165, 1.54) is 6.92 Å². The molecule has 0 amide bonds. The summed E-state index contributed by atoms with van der Waals surface area (Å²) >= 11 is 0. The van der Waals surface area contributed by atoms with E-state index in [2.05, 4.69) is 5.10 Å². The Bertz CT molecular complexity index is 1080. The fourth-order valence-electron chi connectivity index (χ4n) is 3.55. The Morgan fingerprint density at radius 3 is 2.74 bits per heavy atom. The van der Waals surface area contributed by atoms with Crippen molar-refractivity contribution in [2.45, 2.75) is 51.2 Å². The smallest absolute Gasteiger partial charge is 0.340 e. The Hall–Kier alpha value is -2.47. The lowest BCUT2D eigenvalue weighted by Gasteiger charge is -2.12. The van der Waals surface area contributed by atoms with Crippen molar-refractivity contribution in [3.63, 3.8) is 0 Å². The Morgan fingerprint density at radius 1 is 1.41 bits per heavy atom. The molecule has 0 aromatic carbocycles. The van der Waals surface area contributed by atoms with Gasteiger partial charge in [0.1, 0.15) is 6.07 Å². The zero-order chi connectivity index (χ0) is 19.3. The molecule has 0 spiro atoms. The summed E-state index contributed by atoms with van der Waals surface area (Å²) in [4.78, 5) is 17.4. The first kappa shape index (κ1) is 17.9. The Kier molecular flexibility index (Phi) is 4.18. The average molecular weight is 388 g/mol. The number of aromatic nitrogens is 3. The van der Waals surface area contributed by atoms with Gasteiger partial charge in [-0.25, -0.2) is 22.9 Å². The van der Waals surface area contributed by atoms with Crippen LogP contribution >= 0.6 is 0 Å². The maximum atomic E-state index is 12.7. The minimum Gasteiger partial charge on any atom is -0.444 e. The number of pyridine rings is 1. The minimum absolute atomic E-state index is 0.0316. The normalized spacial score (nSPS) is 22.5.